The molecular weight excluding hydrogens is 284 g/mol. The van der Waals surface area contributed by atoms with Crippen LogP contribution >= 0.6 is 15.9 Å². The SMILES string of the molecule is CN1CCCCC1COc1ncnc(N)c1Br. The lowest BCUT2D eigenvalue weighted by atomic mass is 10.0. The summed E-state index contributed by atoms with van der Waals surface area (Å²) in [4.78, 5) is 10.3. The van der Waals surface area contributed by atoms with Gasteiger partial charge in [0, 0.05) is 6.04 Å². The number of rotatable bonds is 3. The van der Waals surface area contributed by atoms with Gasteiger partial charge in [0.2, 0.25) is 5.88 Å². The Morgan fingerprint density at radius 3 is 3.12 bits per heavy atom. The van der Waals surface area contributed by atoms with Gasteiger partial charge in [-0.1, -0.05) is 6.42 Å². The zero-order chi connectivity index (χ0) is 12.3. The summed E-state index contributed by atoms with van der Waals surface area (Å²) in [5.41, 5.74) is 5.67. The number of piperidine rings is 1. The lowest BCUT2D eigenvalue weighted by molar-refractivity contribution is 0.122. The van der Waals surface area contributed by atoms with Crippen molar-refractivity contribution in [2.75, 3.05) is 25.9 Å². The van der Waals surface area contributed by atoms with E-state index in [2.05, 4.69) is 37.8 Å². The van der Waals surface area contributed by atoms with Gasteiger partial charge in [-0.15, -0.1) is 0 Å². The molecule has 2 N–H and O–H groups in total. The van der Waals surface area contributed by atoms with Crippen LogP contribution in [0.4, 0.5) is 5.82 Å². The number of nitrogen functional groups attached to an aromatic ring is 1. The number of hydrogen-bond acceptors (Lipinski definition) is 5. The van der Waals surface area contributed by atoms with E-state index in [1.807, 2.05) is 0 Å². The number of anilines is 1. The molecule has 17 heavy (non-hydrogen) atoms. The highest BCUT2D eigenvalue weighted by Crippen LogP contribution is 2.26. The van der Waals surface area contributed by atoms with Crippen LogP contribution in [0.15, 0.2) is 10.8 Å². The van der Waals surface area contributed by atoms with E-state index in [0.717, 1.165) is 6.54 Å². The molecule has 1 aliphatic heterocycles. The summed E-state index contributed by atoms with van der Waals surface area (Å²) >= 11 is 3.33. The van der Waals surface area contributed by atoms with Gasteiger partial charge in [0.15, 0.2) is 0 Å². The number of nitrogens with zero attached hydrogens (tertiary/aromatic N) is 3. The molecule has 1 aliphatic rings. The van der Waals surface area contributed by atoms with E-state index in [4.69, 9.17) is 10.5 Å². The quantitative estimate of drug-likeness (QED) is 0.920. The second-order valence-corrected chi connectivity index (χ2v) is 5.11. The van der Waals surface area contributed by atoms with Crippen molar-refractivity contribution in [1.82, 2.24) is 14.9 Å². The Hall–Kier alpha value is -0.880. The van der Waals surface area contributed by atoms with Crippen molar-refractivity contribution in [1.29, 1.82) is 0 Å². The number of aromatic nitrogens is 2. The summed E-state index contributed by atoms with van der Waals surface area (Å²) in [5.74, 6) is 0.934. The van der Waals surface area contributed by atoms with E-state index in [0.29, 0.717) is 28.8 Å². The van der Waals surface area contributed by atoms with Gasteiger partial charge in [-0.2, -0.15) is 0 Å². The Bertz CT molecular complexity index is 388. The molecule has 0 saturated carbocycles. The second kappa shape index (κ2) is 5.64. The normalized spacial score (nSPS) is 21.4. The topological polar surface area (TPSA) is 64.3 Å². The van der Waals surface area contributed by atoms with Crippen molar-refractivity contribution in [3.63, 3.8) is 0 Å². The molecule has 5 nitrogen and oxygen atoms in total. The highest BCUT2D eigenvalue weighted by molar-refractivity contribution is 9.10. The lowest BCUT2D eigenvalue weighted by Crippen LogP contribution is -2.40. The van der Waals surface area contributed by atoms with Gasteiger partial charge in [-0.25, -0.2) is 9.97 Å². The fourth-order valence-corrected chi connectivity index (χ4v) is 2.32. The minimum atomic E-state index is 0.409. The third kappa shape index (κ3) is 3.07. The Morgan fingerprint density at radius 2 is 2.35 bits per heavy atom. The van der Waals surface area contributed by atoms with E-state index >= 15 is 0 Å². The highest BCUT2D eigenvalue weighted by Gasteiger charge is 2.20. The third-order valence-corrected chi connectivity index (χ3v) is 3.86. The van der Waals surface area contributed by atoms with Crippen LogP contribution < -0.4 is 10.5 Å². The monoisotopic (exact) mass is 300 g/mol. The summed E-state index contributed by atoms with van der Waals surface area (Å²) in [7, 11) is 2.14. The molecule has 1 fully saturated rings. The lowest BCUT2D eigenvalue weighted by Gasteiger charge is -2.32. The summed E-state index contributed by atoms with van der Waals surface area (Å²) in [5, 5.41) is 0. The molecule has 1 aromatic rings. The van der Waals surface area contributed by atoms with Crippen molar-refractivity contribution in [3.8, 4) is 5.88 Å². The minimum Gasteiger partial charge on any atom is -0.475 e. The number of likely N-dealkylation sites (N-methyl/N-ethyl adjacent to an activating group) is 1. The Morgan fingerprint density at radius 1 is 1.53 bits per heavy atom. The molecule has 1 saturated heterocycles. The molecule has 0 bridgehead atoms. The molecule has 0 aliphatic carbocycles. The number of halogens is 1. The molecule has 0 radical (unpaired) electrons. The molecule has 2 heterocycles. The number of ether oxygens (including phenoxy) is 1. The molecule has 1 aromatic heterocycles. The first-order valence-electron chi connectivity index (χ1n) is 5.77. The number of likely N-dealkylation sites (tertiary alicyclic amines) is 1. The molecule has 1 atom stereocenters. The van der Waals surface area contributed by atoms with Gasteiger partial charge in [0.05, 0.1) is 0 Å². The van der Waals surface area contributed by atoms with Crippen molar-refractivity contribution in [3.05, 3.63) is 10.8 Å². The van der Waals surface area contributed by atoms with Crippen molar-refractivity contribution < 1.29 is 4.74 Å². The van der Waals surface area contributed by atoms with Gasteiger partial charge in [0.1, 0.15) is 23.2 Å². The van der Waals surface area contributed by atoms with Crippen LogP contribution in [0.1, 0.15) is 19.3 Å². The molecule has 94 valence electrons. The zero-order valence-electron chi connectivity index (χ0n) is 9.90. The molecule has 2 rings (SSSR count). The van der Waals surface area contributed by atoms with Gasteiger partial charge in [-0.05, 0) is 42.4 Å². The minimum absolute atomic E-state index is 0.409. The van der Waals surface area contributed by atoms with E-state index in [9.17, 15) is 0 Å². The maximum Gasteiger partial charge on any atom is 0.233 e. The van der Waals surface area contributed by atoms with Crippen LogP contribution in [-0.2, 0) is 0 Å². The van der Waals surface area contributed by atoms with Crippen LogP contribution in [-0.4, -0.2) is 41.1 Å². The van der Waals surface area contributed by atoms with Crippen LogP contribution in [0.3, 0.4) is 0 Å². The van der Waals surface area contributed by atoms with Crippen LogP contribution in [0.25, 0.3) is 0 Å². The maximum absolute atomic E-state index is 5.71. The summed E-state index contributed by atoms with van der Waals surface area (Å²) in [6, 6.07) is 0.465. The Labute approximate surface area is 110 Å². The van der Waals surface area contributed by atoms with Gasteiger partial charge < -0.3 is 15.4 Å². The predicted molar refractivity (Wildman–Crippen MR) is 69.9 cm³/mol. The second-order valence-electron chi connectivity index (χ2n) is 4.32. The van der Waals surface area contributed by atoms with Crippen LogP contribution in [0, 0.1) is 0 Å². The summed E-state index contributed by atoms with van der Waals surface area (Å²) < 4.78 is 6.35. The average molecular weight is 301 g/mol. The van der Waals surface area contributed by atoms with E-state index in [-0.39, 0.29) is 0 Å². The molecular formula is C11H17BrN4O. The first kappa shape index (κ1) is 12.6. The van der Waals surface area contributed by atoms with Crippen LogP contribution in [0.5, 0.6) is 5.88 Å². The Balaban J connectivity index is 1.95. The summed E-state index contributed by atoms with van der Waals surface area (Å²) in [6.07, 6.45) is 5.14. The fourth-order valence-electron chi connectivity index (χ4n) is 2.00. The summed E-state index contributed by atoms with van der Waals surface area (Å²) in [6.45, 7) is 1.78. The fraction of sp³-hybridized carbons (Fsp3) is 0.636. The first-order chi connectivity index (χ1) is 8.18. The number of nitrogens with two attached hydrogens (primary N) is 1. The molecule has 0 spiro atoms. The first-order valence-corrected chi connectivity index (χ1v) is 6.57. The van der Waals surface area contributed by atoms with Crippen molar-refractivity contribution in [2.24, 2.45) is 0 Å². The van der Waals surface area contributed by atoms with Crippen molar-refractivity contribution >= 4 is 21.7 Å². The zero-order valence-corrected chi connectivity index (χ0v) is 11.5. The third-order valence-electron chi connectivity index (χ3n) is 3.12. The standard InChI is InChI=1S/C11H17BrN4O/c1-16-5-3-2-4-8(16)6-17-11-9(12)10(13)14-7-15-11/h7-8H,2-6H2,1H3,(H2,13,14,15). The maximum atomic E-state index is 5.71. The van der Waals surface area contributed by atoms with Gasteiger partial charge in [0.25, 0.3) is 0 Å². The molecule has 1 unspecified atom stereocenters. The van der Waals surface area contributed by atoms with Gasteiger partial charge >= 0.3 is 0 Å². The smallest absolute Gasteiger partial charge is 0.233 e. The average Bonchev–Trinajstić information content (AvgIpc) is 2.33. The Kier molecular flexibility index (Phi) is 4.17. The van der Waals surface area contributed by atoms with E-state index < -0.39 is 0 Å². The molecule has 0 amide bonds. The van der Waals surface area contributed by atoms with Crippen LogP contribution in [0.2, 0.25) is 0 Å². The molecule has 6 heteroatoms. The van der Waals surface area contributed by atoms with Gasteiger partial charge in [-0.3, -0.25) is 0 Å². The largest absolute Gasteiger partial charge is 0.475 e. The van der Waals surface area contributed by atoms with E-state index in [1.54, 1.807) is 0 Å². The molecule has 0 aromatic carbocycles. The number of hydrogen-bond donors (Lipinski definition) is 1. The van der Waals surface area contributed by atoms with Crippen molar-refractivity contribution in [2.45, 2.75) is 25.3 Å². The highest BCUT2D eigenvalue weighted by atomic mass is 79.9. The van der Waals surface area contributed by atoms with E-state index in [1.165, 1.54) is 25.6 Å². The predicted octanol–water partition coefficient (Wildman–Crippen LogP) is 1.68.